The molecule has 0 N–H and O–H groups in total. The number of halogens is 1. The third-order valence-corrected chi connectivity index (χ3v) is 4.51. The number of hydrogen-bond donors (Lipinski definition) is 0. The number of imidazole rings is 1. The van der Waals surface area contributed by atoms with Crippen molar-refractivity contribution in [2.45, 2.75) is 19.4 Å². The molecule has 0 atom stereocenters. The Bertz CT molecular complexity index is 879. The molecule has 1 aliphatic heterocycles. The number of hydrogen-bond acceptors (Lipinski definition) is 2. The second kappa shape index (κ2) is 6.07. The quantitative estimate of drug-likeness (QED) is 0.740. The van der Waals surface area contributed by atoms with Gasteiger partial charge in [0.25, 0.3) is 0 Å². The van der Waals surface area contributed by atoms with Gasteiger partial charge in [-0.15, -0.1) is 0 Å². The van der Waals surface area contributed by atoms with Crippen molar-refractivity contribution in [3.05, 3.63) is 54.3 Å². The van der Waals surface area contributed by atoms with Crippen molar-refractivity contribution in [3.8, 4) is 11.4 Å². The summed E-state index contributed by atoms with van der Waals surface area (Å²) in [6.07, 6.45) is 2.14. The number of amides is 1. The van der Waals surface area contributed by atoms with Crippen LogP contribution in [-0.4, -0.2) is 33.4 Å². The molecule has 0 unspecified atom stereocenters. The normalized spacial score (nSPS) is 14.5. The number of nitrogens with zero attached hydrogens (tertiary/aromatic N) is 3. The van der Waals surface area contributed by atoms with Gasteiger partial charge in [0.1, 0.15) is 18.2 Å². The molecule has 0 bridgehead atoms. The van der Waals surface area contributed by atoms with Crippen molar-refractivity contribution in [1.82, 2.24) is 14.5 Å². The lowest BCUT2D eigenvalue weighted by atomic mass is 10.2. The number of para-hydroxylation sites is 2. The van der Waals surface area contributed by atoms with Gasteiger partial charge in [0.15, 0.2) is 0 Å². The molecule has 1 aliphatic rings. The number of fused-ring (bicyclic) bond motifs is 1. The Balaban J connectivity index is 1.78. The van der Waals surface area contributed by atoms with Crippen LogP contribution in [0.3, 0.4) is 0 Å². The van der Waals surface area contributed by atoms with Crippen LogP contribution >= 0.6 is 0 Å². The van der Waals surface area contributed by atoms with E-state index in [0.717, 1.165) is 42.5 Å². The summed E-state index contributed by atoms with van der Waals surface area (Å²) in [6, 6.07) is 14.0. The largest absolute Gasteiger partial charge is 0.341 e. The molecule has 0 spiro atoms. The molecule has 1 amide bonds. The Labute approximate surface area is 139 Å². The molecule has 0 saturated carbocycles. The van der Waals surface area contributed by atoms with E-state index in [4.69, 9.17) is 0 Å². The van der Waals surface area contributed by atoms with Gasteiger partial charge in [-0.1, -0.05) is 12.1 Å². The minimum absolute atomic E-state index is 0.110. The van der Waals surface area contributed by atoms with Crippen molar-refractivity contribution in [2.24, 2.45) is 0 Å². The maximum absolute atomic E-state index is 13.2. The summed E-state index contributed by atoms with van der Waals surface area (Å²) in [5.74, 6) is 0.525. The van der Waals surface area contributed by atoms with Crippen molar-refractivity contribution >= 4 is 16.9 Å². The van der Waals surface area contributed by atoms with E-state index in [9.17, 15) is 9.18 Å². The van der Waals surface area contributed by atoms with Gasteiger partial charge >= 0.3 is 0 Å². The van der Waals surface area contributed by atoms with Gasteiger partial charge in [-0.3, -0.25) is 4.79 Å². The smallest absolute Gasteiger partial charge is 0.242 e. The fraction of sp³-hybridized carbons (Fsp3) is 0.263. The monoisotopic (exact) mass is 323 g/mol. The molecule has 1 aromatic heterocycles. The predicted molar refractivity (Wildman–Crippen MR) is 90.9 cm³/mol. The molecule has 24 heavy (non-hydrogen) atoms. The molecule has 0 aliphatic carbocycles. The van der Waals surface area contributed by atoms with Crippen molar-refractivity contribution in [2.75, 3.05) is 13.1 Å². The summed E-state index contributed by atoms with van der Waals surface area (Å²) in [7, 11) is 0. The summed E-state index contributed by atoms with van der Waals surface area (Å²) < 4.78 is 15.2. The Kier molecular flexibility index (Phi) is 3.76. The maximum Gasteiger partial charge on any atom is 0.242 e. The first-order valence-corrected chi connectivity index (χ1v) is 8.21. The lowest BCUT2D eigenvalue weighted by molar-refractivity contribution is -0.130. The van der Waals surface area contributed by atoms with E-state index in [2.05, 4.69) is 4.98 Å². The van der Waals surface area contributed by atoms with E-state index < -0.39 is 0 Å². The van der Waals surface area contributed by atoms with Gasteiger partial charge in [0.05, 0.1) is 11.0 Å². The van der Waals surface area contributed by atoms with Gasteiger partial charge in [-0.25, -0.2) is 9.37 Å². The number of likely N-dealkylation sites (tertiary alicyclic amines) is 1. The Morgan fingerprint density at radius 3 is 2.50 bits per heavy atom. The zero-order chi connectivity index (χ0) is 16.5. The van der Waals surface area contributed by atoms with Gasteiger partial charge in [-0.2, -0.15) is 0 Å². The van der Waals surface area contributed by atoms with E-state index in [1.165, 1.54) is 12.1 Å². The van der Waals surface area contributed by atoms with Crippen LogP contribution in [0.15, 0.2) is 48.5 Å². The van der Waals surface area contributed by atoms with Gasteiger partial charge in [0, 0.05) is 18.7 Å². The zero-order valence-corrected chi connectivity index (χ0v) is 13.3. The highest BCUT2D eigenvalue weighted by Crippen LogP contribution is 2.25. The molecule has 2 aromatic carbocycles. The van der Waals surface area contributed by atoms with Crippen LogP contribution in [0.2, 0.25) is 0 Å². The van der Waals surface area contributed by atoms with E-state index in [-0.39, 0.29) is 18.3 Å². The summed E-state index contributed by atoms with van der Waals surface area (Å²) >= 11 is 0. The van der Waals surface area contributed by atoms with Crippen LogP contribution in [0.5, 0.6) is 0 Å². The van der Waals surface area contributed by atoms with Crippen LogP contribution in [0.25, 0.3) is 22.4 Å². The predicted octanol–water partition coefficient (Wildman–Crippen LogP) is 3.46. The molecule has 4 nitrogen and oxygen atoms in total. The molecule has 2 heterocycles. The van der Waals surface area contributed by atoms with Gasteiger partial charge < -0.3 is 9.47 Å². The Morgan fingerprint density at radius 1 is 1.04 bits per heavy atom. The first-order chi connectivity index (χ1) is 11.7. The fourth-order valence-corrected chi connectivity index (χ4v) is 3.26. The number of benzene rings is 2. The molecular formula is C19H18FN3O. The van der Waals surface area contributed by atoms with Crippen LogP contribution < -0.4 is 0 Å². The minimum atomic E-state index is -0.283. The third-order valence-electron chi connectivity index (χ3n) is 4.51. The van der Waals surface area contributed by atoms with Gasteiger partial charge in [-0.05, 0) is 49.2 Å². The number of carbonyl (C=O) groups is 1. The van der Waals surface area contributed by atoms with Crippen LogP contribution in [0, 0.1) is 5.82 Å². The lowest BCUT2D eigenvalue weighted by Crippen LogP contribution is -2.31. The van der Waals surface area contributed by atoms with Crippen molar-refractivity contribution in [3.63, 3.8) is 0 Å². The van der Waals surface area contributed by atoms with Crippen LogP contribution in [0.4, 0.5) is 4.39 Å². The summed E-state index contributed by atoms with van der Waals surface area (Å²) in [5.41, 5.74) is 2.57. The van der Waals surface area contributed by atoms with Crippen LogP contribution in [0.1, 0.15) is 12.8 Å². The minimum Gasteiger partial charge on any atom is -0.341 e. The van der Waals surface area contributed by atoms with Crippen LogP contribution in [-0.2, 0) is 11.3 Å². The highest BCUT2D eigenvalue weighted by Gasteiger charge is 2.21. The fourth-order valence-electron chi connectivity index (χ4n) is 3.26. The topological polar surface area (TPSA) is 38.1 Å². The number of rotatable bonds is 3. The molecule has 5 heteroatoms. The van der Waals surface area contributed by atoms with Gasteiger partial charge in [0.2, 0.25) is 5.91 Å². The van der Waals surface area contributed by atoms with Crippen molar-refractivity contribution in [1.29, 1.82) is 0 Å². The second-order valence-electron chi connectivity index (χ2n) is 6.11. The number of carbonyl (C=O) groups excluding carboxylic acids is 1. The summed E-state index contributed by atoms with van der Waals surface area (Å²) in [4.78, 5) is 19.2. The first-order valence-electron chi connectivity index (χ1n) is 8.21. The second-order valence-corrected chi connectivity index (χ2v) is 6.11. The zero-order valence-electron chi connectivity index (χ0n) is 13.3. The third kappa shape index (κ3) is 2.66. The Morgan fingerprint density at radius 2 is 1.75 bits per heavy atom. The lowest BCUT2D eigenvalue weighted by Gasteiger charge is -2.17. The standard InChI is InChI=1S/C19H18FN3O/c20-15-9-7-14(8-10-15)19-21-16-5-1-2-6-17(16)23(19)13-18(24)22-11-3-4-12-22/h1-2,5-10H,3-4,11-13H2. The molecule has 1 fully saturated rings. The molecule has 1 saturated heterocycles. The molecular weight excluding hydrogens is 305 g/mol. The Hall–Kier alpha value is -2.69. The average Bonchev–Trinajstić information content (AvgIpc) is 3.24. The number of aromatic nitrogens is 2. The molecule has 122 valence electrons. The highest BCUT2D eigenvalue weighted by atomic mass is 19.1. The molecule has 0 radical (unpaired) electrons. The highest BCUT2D eigenvalue weighted by molar-refractivity contribution is 5.84. The SMILES string of the molecule is O=C(Cn1c(-c2ccc(F)cc2)nc2ccccc21)N1CCCC1. The molecule has 3 aromatic rings. The summed E-state index contributed by atoms with van der Waals surface area (Å²) in [5, 5.41) is 0. The maximum atomic E-state index is 13.2. The average molecular weight is 323 g/mol. The summed E-state index contributed by atoms with van der Waals surface area (Å²) in [6.45, 7) is 1.92. The van der Waals surface area contributed by atoms with E-state index >= 15 is 0 Å². The van der Waals surface area contributed by atoms with Crippen molar-refractivity contribution < 1.29 is 9.18 Å². The molecule has 4 rings (SSSR count). The van der Waals surface area contributed by atoms with E-state index in [0.29, 0.717) is 5.82 Å². The first kappa shape index (κ1) is 14.9. The van der Waals surface area contributed by atoms with E-state index in [1.54, 1.807) is 12.1 Å². The van der Waals surface area contributed by atoms with E-state index in [1.807, 2.05) is 33.7 Å².